The highest BCUT2D eigenvalue weighted by atomic mass is 35.5. The Morgan fingerprint density at radius 3 is 2.48 bits per heavy atom. The minimum atomic E-state index is -1.11. The molecule has 4 nitrogen and oxygen atoms in total. The SMILES string of the molecule is O=C(O)c1c(Cl)cc(CCCc2ccc3cn[nH]c3c2)cc1Cl. The van der Waals surface area contributed by atoms with Crippen LogP contribution < -0.4 is 0 Å². The fourth-order valence-electron chi connectivity index (χ4n) is 2.61. The van der Waals surface area contributed by atoms with E-state index in [9.17, 15) is 4.79 Å². The number of hydrogen-bond donors (Lipinski definition) is 2. The molecule has 0 unspecified atom stereocenters. The predicted octanol–water partition coefficient (Wildman–Crippen LogP) is 4.74. The van der Waals surface area contributed by atoms with Gasteiger partial charge in [-0.25, -0.2) is 4.79 Å². The van der Waals surface area contributed by atoms with Gasteiger partial charge < -0.3 is 5.11 Å². The molecule has 0 amide bonds. The number of halogens is 2. The Labute approximate surface area is 143 Å². The molecule has 0 aliphatic carbocycles. The lowest BCUT2D eigenvalue weighted by molar-refractivity contribution is 0.0697. The van der Waals surface area contributed by atoms with Crippen molar-refractivity contribution in [3.8, 4) is 0 Å². The molecular weight excluding hydrogens is 335 g/mol. The average molecular weight is 349 g/mol. The Balaban J connectivity index is 1.67. The molecule has 0 spiro atoms. The summed E-state index contributed by atoms with van der Waals surface area (Å²) < 4.78 is 0. The monoisotopic (exact) mass is 348 g/mol. The quantitative estimate of drug-likeness (QED) is 0.699. The predicted molar refractivity (Wildman–Crippen MR) is 91.5 cm³/mol. The fourth-order valence-corrected chi connectivity index (χ4v) is 3.30. The van der Waals surface area contributed by atoms with Crippen molar-refractivity contribution in [3.05, 3.63) is 63.3 Å². The van der Waals surface area contributed by atoms with Gasteiger partial charge in [0.15, 0.2) is 0 Å². The molecule has 2 N–H and O–H groups in total. The summed E-state index contributed by atoms with van der Waals surface area (Å²) in [5, 5.41) is 17.5. The second-order valence-corrected chi connectivity index (χ2v) is 6.20. The van der Waals surface area contributed by atoms with E-state index in [1.165, 1.54) is 5.56 Å². The number of carboxylic acid groups (broad SMARTS) is 1. The summed E-state index contributed by atoms with van der Waals surface area (Å²) in [4.78, 5) is 11.1. The van der Waals surface area contributed by atoms with Crippen LogP contribution >= 0.6 is 23.2 Å². The second-order valence-electron chi connectivity index (χ2n) is 5.38. The van der Waals surface area contributed by atoms with Crippen LogP contribution in [0.5, 0.6) is 0 Å². The van der Waals surface area contributed by atoms with Crippen molar-refractivity contribution < 1.29 is 9.90 Å². The summed E-state index contributed by atoms with van der Waals surface area (Å²) in [5.41, 5.74) is 3.15. The third kappa shape index (κ3) is 3.49. The van der Waals surface area contributed by atoms with Gasteiger partial charge in [-0.05, 0) is 48.6 Å². The molecule has 0 saturated carbocycles. The Kier molecular flexibility index (Phi) is 4.55. The van der Waals surface area contributed by atoms with Crippen LogP contribution in [-0.2, 0) is 12.8 Å². The maximum atomic E-state index is 11.1. The molecule has 0 atom stereocenters. The summed E-state index contributed by atoms with van der Waals surface area (Å²) >= 11 is 12.0. The van der Waals surface area contributed by atoms with Gasteiger partial charge in [0.25, 0.3) is 0 Å². The highest BCUT2D eigenvalue weighted by molar-refractivity contribution is 6.39. The highest BCUT2D eigenvalue weighted by Gasteiger charge is 2.14. The van der Waals surface area contributed by atoms with E-state index in [0.717, 1.165) is 35.7 Å². The van der Waals surface area contributed by atoms with Crippen molar-refractivity contribution in [2.45, 2.75) is 19.3 Å². The average Bonchev–Trinajstić information content (AvgIpc) is 2.93. The summed E-state index contributed by atoms with van der Waals surface area (Å²) in [7, 11) is 0. The molecule has 3 aromatic rings. The third-order valence-corrected chi connectivity index (χ3v) is 4.35. The zero-order valence-corrected chi connectivity index (χ0v) is 13.7. The summed E-state index contributed by atoms with van der Waals surface area (Å²) in [6.45, 7) is 0. The van der Waals surface area contributed by atoms with Crippen molar-refractivity contribution >= 4 is 40.1 Å². The number of aromatic nitrogens is 2. The first kappa shape index (κ1) is 15.8. The summed E-state index contributed by atoms with van der Waals surface area (Å²) in [6, 6.07) is 9.58. The maximum Gasteiger partial charge on any atom is 0.338 e. The largest absolute Gasteiger partial charge is 0.478 e. The van der Waals surface area contributed by atoms with Crippen LogP contribution in [0.15, 0.2) is 36.5 Å². The van der Waals surface area contributed by atoms with E-state index in [2.05, 4.69) is 22.3 Å². The smallest absolute Gasteiger partial charge is 0.338 e. The topological polar surface area (TPSA) is 66.0 Å². The first-order valence-electron chi connectivity index (χ1n) is 7.18. The van der Waals surface area contributed by atoms with E-state index in [0.29, 0.717) is 0 Å². The van der Waals surface area contributed by atoms with Crippen molar-refractivity contribution in [2.75, 3.05) is 0 Å². The van der Waals surface area contributed by atoms with E-state index in [-0.39, 0.29) is 15.6 Å². The Bertz CT molecular complexity index is 851. The van der Waals surface area contributed by atoms with E-state index < -0.39 is 5.97 Å². The van der Waals surface area contributed by atoms with E-state index >= 15 is 0 Å². The molecule has 0 fully saturated rings. The lowest BCUT2D eigenvalue weighted by Crippen LogP contribution is -2.00. The minimum absolute atomic E-state index is 0.0400. The molecule has 0 radical (unpaired) electrons. The number of aryl methyl sites for hydroxylation is 2. The minimum Gasteiger partial charge on any atom is -0.478 e. The fraction of sp³-hybridized carbons (Fsp3) is 0.176. The molecule has 1 aromatic heterocycles. The first-order valence-corrected chi connectivity index (χ1v) is 7.93. The molecule has 118 valence electrons. The number of H-pyrrole nitrogens is 1. The molecular formula is C17H14Cl2N2O2. The standard InChI is InChI=1S/C17H14Cl2N2O2/c18-13-6-11(7-14(19)16(13)17(22)23)3-1-2-10-4-5-12-9-20-21-15(12)8-10/h4-9H,1-3H2,(H,20,21)(H,22,23). The van der Waals surface area contributed by atoms with Crippen LogP contribution in [0.3, 0.4) is 0 Å². The van der Waals surface area contributed by atoms with Crippen LogP contribution in [-0.4, -0.2) is 21.3 Å². The summed E-state index contributed by atoms with van der Waals surface area (Å²) in [5.74, 6) is -1.11. The van der Waals surface area contributed by atoms with Gasteiger partial charge in [-0.3, -0.25) is 5.10 Å². The number of benzene rings is 2. The van der Waals surface area contributed by atoms with Gasteiger partial charge in [0.05, 0.1) is 27.3 Å². The lowest BCUT2D eigenvalue weighted by Gasteiger charge is -2.07. The molecule has 23 heavy (non-hydrogen) atoms. The number of carboxylic acids is 1. The number of hydrogen-bond acceptors (Lipinski definition) is 2. The number of carbonyl (C=O) groups is 1. The molecule has 2 aromatic carbocycles. The van der Waals surface area contributed by atoms with Gasteiger partial charge in [-0.15, -0.1) is 0 Å². The van der Waals surface area contributed by atoms with Crippen LogP contribution in [0, 0.1) is 0 Å². The van der Waals surface area contributed by atoms with Crippen LogP contribution in [0.1, 0.15) is 27.9 Å². The van der Waals surface area contributed by atoms with Gasteiger partial charge in [-0.2, -0.15) is 5.10 Å². The van der Waals surface area contributed by atoms with Crippen LogP contribution in [0.2, 0.25) is 10.0 Å². The molecule has 6 heteroatoms. The number of aromatic amines is 1. The van der Waals surface area contributed by atoms with Crippen LogP contribution in [0.25, 0.3) is 10.9 Å². The van der Waals surface area contributed by atoms with Gasteiger partial charge in [0, 0.05) is 5.39 Å². The van der Waals surface area contributed by atoms with Crippen molar-refractivity contribution in [1.29, 1.82) is 0 Å². The van der Waals surface area contributed by atoms with Gasteiger partial charge in [0.2, 0.25) is 0 Å². The number of nitrogens with one attached hydrogen (secondary N) is 1. The summed E-state index contributed by atoms with van der Waals surface area (Å²) in [6.07, 6.45) is 4.40. The Morgan fingerprint density at radius 1 is 1.09 bits per heavy atom. The first-order chi connectivity index (χ1) is 11.0. The number of fused-ring (bicyclic) bond motifs is 1. The van der Waals surface area contributed by atoms with Crippen molar-refractivity contribution in [2.24, 2.45) is 0 Å². The molecule has 0 saturated heterocycles. The molecule has 0 aliphatic heterocycles. The van der Waals surface area contributed by atoms with Gasteiger partial charge >= 0.3 is 5.97 Å². The molecule has 0 aliphatic rings. The zero-order valence-electron chi connectivity index (χ0n) is 12.1. The highest BCUT2D eigenvalue weighted by Crippen LogP contribution is 2.27. The maximum absolute atomic E-state index is 11.1. The Hall–Kier alpha value is -2.04. The molecule has 1 heterocycles. The van der Waals surface area contributed by atoms with Crippen molar-refractivity contribution in [1.82, 2.24) is 10.2 Å². The number of aromatic carboxylic acids is 1. The van der Waals surface area contributed by atoms with Gasteiger partial charge in [-0.1, -0.05) is 35.3 Å². The zero-order chi connectivity index (χ0) is 16.4. The lowest BCUT2D eigenvalue weighted by atomic mass is 10.0. The Morgan fingerprint density at radius 2 is 1.78 bits per heavy atom. The van der Waals surface area contributed by atoms with Crippen LogP contribution in [0.4, 0.5) is 0 Å². The molecule has 0 bridgehead atoms. The van der Waals surface area contributed by atoms with E-state index in [4.69, 9.17) is 28.3 Å². The normalized spacial score (nSPS) is 11.0. The molecule has 3 rings (SSSR count). The second kappa shape index (κ2) is 6.60. The van der Waals surface area contributed by atoms with Crippen molar-refractivity contribution in [3.63, 3.8) is 0 Å². The third-order valence-electron chi connectivity index (χ3n) is 3.75. The van der Waals surface area contributed by atoms with E-state index in [1.807, 2.05) is 6.07 Å². The number of rotatable bonds is 5. The van der Waals surface area contributed by atoms with E-state index in [1.54, 1.807) is 18.3 Å². The number of nitrogens with zero attached hydrogens (tertiary/aromatic N) is 1. The van der Waals surface area contributed by atoms with Gasteiger partial charge in [0.1, 0.15) is 0 Å².